The van der Waals surface area contributed by atoms with E-state index in [0.29, 0.717) is 5.56 Å². The predicted molar refractivity (Wildman–Crippen MR) is 218 cm³/mol. The summed E-state index contributed by atoms with van der Waals surface area (Å²) in [5.41, 5.74) is -4.25. The van der Waals surface area contributed by atoms with Crippen molar-refractivity contribution in [3.63, 3.8) is 0 Å². The van der Waals surface area contributed by atoms with E-state index in [2.05, 4.69) is 5.32 Å². The van der Waals surface area contributed by atoms with Gasteiger partial charge in [0.15, 0.2) is 23.6 Å². The van der Waals surface area contributed by atoms with Crippen LogP contribution in [0.1, 0.15) is 80.3 Å². The Hall–Kier alpha value is -5.74. The first-order valence-electron chi connectivity index (χ1n) is 20.5. The summed E-state index contributed by atoms with van der Waals surface area (Å²) in [7, 11) is 0. The van der Waals surface area contributed by atoms with E-state index in [-0.39, 0.29) is 35.3 Å². The van der Waals surface area contributed by atoms with Crippen molar-refractivity contribution in [1.82, 2.24) is 5.32 Å². The van der Waals surface area contributed by atoms with Gasteiger partial charge in [-0.15, -0.1) is 0 Å². The minimum Gasteiger partial charge on any atom is -0.458 e. The number of amides is 1. The van der Waals surface area contributed by atoms with Gasteiger partial charge in [0.05, 0.1) is 35.6 Å². The Labute approximate surface area is 358 Å². The van der Waals surface area contributed by atoms with Crippen molar-refractivity contribution in [3.8, 4) is 0 Å². The van der Waals surface area contributed by atoms with Gasteiger partial charge in [0, 0.05) is 31.7 Å². The fourth-order valence-corrected chi connectivity index (χ4v) is 10.4. The monoisotopic (exact) mass is 853 g/mol. The van der Waals surface area contributed by atoms with Crippen LogP contribution in [0, 0.1) is 22.7 Å². The zero-order valence-corrected chi connectivity index (χ0v) is 35.2. The molecular weight excluding hydrogens is 803 g/mol. The summed E-state index contributed by atoms with van der Waals surface area (Å²) in [6, 6.07) is 22.9. The summed E-state index contributed by atoms with van der Waals surface area (Å²) in [6.45, 7) is 8.21. The van der Waals surface area contributed by atoms with E-state index in [1.807, 2.05) is 0 Å². The highest BCUT2D eigenvalue weighted by molar-refractivity contribution is 5.96. The van der Waals surface area contributed by atoms with E-state index in [0.717, 1.165) is 6.92 Å². The zero-order valence-electron chi connectivity index (χ0n) is 35.2. The molecule has 3 fully saturated rings. The number of carbonyl (C=O) groups excluding carboxylic acids is 6. The number of carbonyl (C=O) groups is 6. The number of Topliss-reactive ketones (excluding diaryl/α,β-unsaturated/α-hetero) is 1. The molecule has 62 heavy (non-hydrogen) atoms. The van der Waals surface area contributed by atoms with Crippen molar-refractivity contribution in [2.45, 2.75) is 102 Å². The average molecular weight is 854 g/mol. The van der Waals surface area contributed by atoms with Crippen molar-refractivity contribution >= 4 is 35.6 Å². The van der Waals surface area contributed by atoms with Crippen LogP contribution in [-0.2, 0) is 42.9 Å². The molecule has 0 spiro atoms. The van der Waals surface area contributed by atoms with Crippen molar-refractivity contribution in [3.05, 3.63) is 119 Å². The Morgan fingerprint density at radius 3 is 1.94 bits per heavy atom. The lowest BCUT2D eigenvalue weighted by atomic mass is 9.45. The van der Waals surface area contributed by atoms with Gasteiger partial charge in [0.1, 0.15) is 24.4 Å². The minimum atomic E-state index is -2.07. The Kier molecular flexibility index (Phi) is 12.0. The molecule has 1 saturated heterocycles. The number of esters is 4. The summed E-state index contributed by atoms with van der Waals surface area (Å²) in [5.74, 6) is -8.02. The molecule has 3 unspecified atom stereocenters. The lowest BCUT2D eigenvalue weighted by Gasteiger charge is -2.66. The van der Waals surface area contributed by atoms with Crippen LogP contribution >= 0.6 is 0 Å². The van der Waals surface area contributed by atoms with E-state index >= 15 is 4.79 Å². The summed E-state index contributed by atoms with van der Waals surface area (Å²) in [4.78, 5) is 83.5. The standard InChI is InChI=1S/C47H51NO14/c1-24-32-39(59-25(2)49)41(54)46(6)30(51)22-31-47(23-58-31,62-26(3)50)40(46)38(61-43(56)29-20-14-9-15-21-29)33(45(32,4)5)35(52)37(24)60-44(57)36(53)34(27-16-10-7-11-17-27)48-42(55)28-18-12-8-13-19-28/h7-21,30-31,33-40,51-53H,22-23H2,1-6H3,(H,48,55)/t30-,31+,33?,34-,35?,36+,37+,38+,39+,40?,46+,47-/m0/s1. The second-order valence-electron chi connectivity index (χ2n) is 17.3. The van der Waals surface area contributed by atoms with Crippen LogP contribution in [-0.4, -0.2) is 106 Å². The SMILES string of the molecule is CC(=O)O[C@H]1C(=O)[C@@]2(C)C([C@H](OC(=O)c3ccccc3)C3C(O)[C@H](OC(=O)[C@H](O)[C@@H](NC(=O)c4ccccc4)c4ccccc4)C(C)=C1C3(C)C)[C@]1(OC(C)=O)CO[C@@H]1C[C@@H]2O. The van der Waals surface area contributed by atoms with Crippen LogP contribution in [0.4, 0.5) is 0 Å². The number of fused-ring (bicyclic) bond motifs is 5. The van der Waals surface area contributed by atoms with Crippen LogP contribution in [0.5, 0.6) is 0 Å². The third-order valence-electron chi connectivity index (χ3n) is 13.3. The molecular formula is C47H51NO14. The van der Waals surface area contributed by atoms with Gasteiger partial charge in [0.2, 0.25) is 0 Å². The normalized spacial score (nSPS) is 31.9. The molecule has 4 aliphatic rings. The first-order chi connectivity index (χ1) is 29.3. The molecule has 3 aliphatic carbocycles. The molecule has 0 aromatic heterocycles. The van der Waals surface area contributed by atoms with Gasteiger partial charge in [-0.1, -0.05) is 80.6 Å². The molecule has 15 heteroatoms. The van der Waals surface area contributed by atoms with E-state index in [1.165, 1.54) is 32.9 Å². The maximum atomic E-state index is 15.5. The van der Waals surface area contributed by atoms with Gasteiger partial charge in [-0.2, -0.15) is 0 Å². The van der Waals surface area contributed by atoms with E-state index < -0.39 is 113 Å². The average Bonchev–Trinajstić information content (AvgIpc) is 3.23. The van der Waals surface area contributed by atoms with Crippen molar-refractivity contribution in [2.24, 2.45) is 22.7 Å². The lowest BCUT2D eigenvalue weighted by Crippen LogP contribution is -2.80. The fraction of sp³-hybridized carbons (Fsp3) is 0.447. The largest absolute Gasteiger partial charge is 0.458 e. The number of aliphatic hydroxyl groups excluding tert-OH is 3. The number of ether oxygens (including phenoxy) is 5. The van der Waals surface area contributed by atoms with Gasteiger partial charge < -0.3 is 44.3 Å². The molecule has 1 amide bonds. The summed E-state index contributed by atoms with van der Waals surface area (Å²) in [6.07, 6.45) is -11.6. The van der Waals surface area contributed by atoms with E-state index in [9.17, 15) is 39.3 Å². The van der Waals surface area contributed by atoms with Gasteiger partial charge in [-0.05, 0) is 60.2 Å². The van der Waals surface area contributed by atoms with E-state index in [1.54, 1.807) is 92.7 Å². The Bertz CT molecular complexity index is 2260. The smallest absolute Gasteiger partial charge is 0.338 e. The molecule has 1 heterocycles. The Morgan fingerprint density at radius 1 is 0.806 bits per heavy atom. The van der Waals surface area contributed by atoms with E-state index in [4.69, 9.17) is 23.7 Å². The third-order valence-corrected chi connectivity index (χ3v) is 13.3. The zero-order chi connectivity index (χ0) is 44.9. The number of aliphatic hydroxyl groups is 3. The van der Waals surface area contributed by atoms with Gasteiger partial charge in [-0.25, -0.2) is 9.59 Å². The van der Waals surface area contributed by atoms with Gasteiger partial charge >= 0.3 is 23.9 Å². The maximum Gasteiger partial charge on any atom is 0.338 e. The van der Waals surface area contributed by atoms with Crippen LogP contribution in [0.25, 0.3) is 0 Å². The second-order valence-corrected chi connectivity index (χ2v) is 17.3. The quantitative estimate of drug-likeness (QED) is 0.130. The summed E-state index contributed by atoms with van der Waals surface area (Å²) < 4.78 is 30.3. The predicted octanol–water partition coefficient (Wildman–Crippen LogP) is 3.59. The third kappa shape index (κ3) is 7.50. The molecule has 15 nitrogen and oxygen atoms in total. The van der Waals surface area contributed by atoms with Crippen molar-refractivity contribution in [2.75, 3.05) is 6.61 Å². The Balaban J connectivity index is 1.39. The molecule has 12 atom stereocenters. The summed E-state index contributed by atoms with van der Waals surface area (Å²) in [5, 5.41) is 39.3. The number of rotatable bonds is 10. The number of ketones is 1. The molecule has 7 rings (SSSR count). The molecule has 2 bridgehead atoms. The molecule has 328 valence electrons. The van der Waals surface area contributed by atoms with Crippen LogP contribution < -0.4 is 5.32 Å². The van der Waals surface area contributed by atoms with Crippen LogP contribution in [0.2, 0.25) is 0 Å². The molecule has 3 aromatic rings. The topological polar surface area (TPSA) is 221 Å². The maximum absolute atomic E-state index is 15.5. The van der Waals surface area contributed by atoms with Crippen LogP contribution in [0.15, 0.2) is 102 Å². The lowest BCUT2D eigenvalue weighted by molar-refractivity contribution is -0.337. The molecule has 0 radical (unpaired) electrons. The number of nitrogens with one attached hydrogen (secondary N) is 1. The number of benzene rings is 3. The molecule has 3 aromatic carbocycles. The molecule has 2 saturated carbocycles. The van der Waals surface area contributed by atoms with Crippen molar-refractivity contribution in [1.29, 1.82) is 0 Å². The molecule has 1 aliphatic heterocycles. The summed E-state index contributed by atoms with van der Waals surface area (Å²) >= 11 is 0. The number of hydrogen-bond acceptors (Lipinski definition) is 14. The fourth-order valence-electron chi connectivity index (χ4n) is 10.4. The first kappa shape index (κ1) is 44.3. The van der Waals surface area contributed by atoms with Crippen LogP contribution in [0.3, 0.4) is 0 Å². The highest BCUT2D eigenvalue weighted by Crippen LogP contribution is 2.63. The highest BCUT2D eigenvalue weighted by atomic mass is 16.6. The number of hydrogen-bond donors (Lipinski definition) is 4. The minimum absolute atomic E-state index is 0.0866. The molecule has 4 N–H and O–H groups in total. The van der Waals surface area contributed by atoms with Crippen molar-refractivity contribution < 1.29 is 67.8 Å². The van der Waals surface area contributed by atoms with Gasteiger partial charge in [0.25, 0.3) is 5.91 Å². The highest BCUT2D eigenvalue weighted by Gasteiger charge is 2.76. The second kappa shape index (κ2) is 16.9. The van der Waals surface area contributed by atoms with Gasteiger partial charge in [-0.3, -0.25) is 19.2 Å². The first-order valence-corrected chi connectivity index (χ1v) is 20.5. The Morgan fingerprint density at radius 2 is 1.39 bits per heavy atom.